The summed E-state index contributed by atoms with van der Waals surface area (Å²) in [6.07, 6.45) is 1.95. The molecule has 0 aliphatic carbocycles. The third-order valence-electron chi connectivity index (χ3n) is 1.70. The van der Waals surface area contributed by atoms with E-state index in [0.29, 0.717) is 6.42 Å². The standard InChI is InChI=1S/C9H14N2O/c1-10-7-5-9(12)8-4-2-3-6-11-8/h2-4,6,9-10,12H,5,7H2,1H3. The van der Waals surface area contributed by atoms with Crippen molar-refractivity contribution in [2.75, 3.05) is 13.6 Å². The zero-order valence-electron chi connectivity index (χ0n) is 7.20. The number of aromatic nitrogens is 1. The van der Waals surface area contributed by atoms with E-state index in [2.05, 4.69) is 10.3 Å². The third kappa shape index (κ3) is 2.60. The molecular formula is C9H14N2O. The van der Waals surface area contributed by atoms with E-state index in [9.17, 15) is 5.11 Å². The molecule has 0 aliphatic heterocycles. The third-order valence-corrected chi connectivity index (χ3v) is 1.70. The fraction of sp³-hybridized carbons (Fsp3) is 0.444. The molecule has 1 rings (SSSR count). The van der Waals surface area contributed by atoms with Crippen LogP contribution in [0.3, 0.4) is 0 Å². The van der Waals surface area contributed by atoms with Crippen LogP contribution in [0, 0.1) is 0 Å². The van der Waals surface area contributed by atoms with Gasteiger partial charge in [-0.25, -0.2) is 0 Å². The Bertz CT molecular complexity index is 213. The van der Waals surface area contributed by atoms with Crippen LogP contribution in [0.4, 0.5) is 0 Å². The normalized spacial score (nSPS) is 12.8. The number of nitrogens with one attached hydrogen (secondary N) is 1. The van der Waals surface area contributed by atoms with Gasteiger partial charge in [0.25, 0.3) is 0 Å². The molecule has 3 nitrogen and oxygen atoms in total. The van der Waals surface area contributed by atoms with Crippen LogP contribution < -0.4 is 5.32 Å². The molecule has 3 heteroatoms. The van der Waals surface area contributed by atoms with Crippen LogP contribution >= 0.6 is 0 Å². The van der Waals surface area contributed by atoms with Crippen molar-refractivity contribution in [2.24, 2.45) is 0 Å². The van der Waals surface area contributed by atoms with Gasteiger partial charge in [-0.1, -0.05) is 6.07 Å². The number of aliphatic hydroxyl groups excluding tert-OH is 1. The highest BCUT2D eigenvalue weighted by Crippen LogP contribution is 2.11. The number of hydrogen-bond donors (Lipinski definition) is 2. The molecule has 0 saturated carbocycles. The summed E-state index contributed by atoms with van der Waals surface area (Å²) in [5, 5.41) is 12.5. The Kier molecular flexibility index (Phi) is 3.70. The first kappa shape index (κ1) is 9.16. The van der Waals surface area contributed by atoms with Crippen LogP contribution in [-0.2, 0) is 0 Å². The molecule has 12 heavy (non-hydrogen) atoms. The Labute approximate surface area is 72.5 Å². The monoisotopic (exact) mass is 166 g/mol. The Morgan fingerprint density at radius 3 is 3.00 bits per heavy atom. The zero-order chi connectivity index (χ0) is 8.81. The van der Waals surface area contributed by atoms with Gasteiger partial charge in [-0.05, 0) is 32.1 Å². The van der Waals surface area contributed by atoms with Crippen molar-refractivity contribution < 1.29 is 5.11 Å². The van der Waals surface area contributed by atoms with Gasteiger partial charge in [-0.2, -0.15) is 0 Å². The fourth-order valence-corrected chi connectivity index (χ4v) is 1.00. The highest BCUT2D eigenvalue weighted by atomic mass is 16.3. The second-order valence-electron chi connectivity index (χ2n) is 2.66. The van der Waals surface area contributed by atoms with Crippen molar-refractivity contribution in [2.45, 2.75) is 12.5 Å². The minimum Gasteiger partial charge on any atom is -0.387 e. The molecule has 0 amide bonds. The van der Waals surface area contributed by atoms with Gasteiger partial charge in [0, 0.05) is 6.20 Å². The SMILES string of the molecule is CNCCC(O)c1ccccn1. The first-order valence-electron chi connectivity index (χ1n) is 4.08. The Morgan fingerprint density at radius 1 is 1.58 bits per heavy atom. The average Bonchev–Trinajstić information content (AvgIpc) is 2.15. The van der Waals surface area contributed by atoms with E-state index in [-0.39, 0.29) is 0 Å². The molecule has 0 aromatic carbocycles. The fourth-order valence-electron chi connectivity index (χ4n) is 1.00. The maximum atomic E-state index is 9.55. The maximum Gasteiger partial charge on any atom is 0.0971 e. The highest BCUT2D eigenvalue weighted by Gasteiger charge is 2.06. The van der Waals surface area contributed by atoms with Crippen molar-refractivity contribution in [1.29, 1.82) is 0 Å². The Morgan fingerprint density at radius 2 is 2.42 bits per heavy atom. The minimum atomic E-state index is -0.446. The van der Waals surface area contributed by atoms with Crippen molar-refractivity contribution in [1.82, 2.24) is 10.3 Å². The molecular weight excluding hydrogens is 152 g/mol. The van der Waals surface area contributed by atoms with Gasteiger partial charge in [-0.3, -0.25) is 4.98 Å². The topological polar surface area (TPSA) is 45.1 Å². The molecule has 1 aromatic heterocycles. The molecule has 0 saturated heterocycles. The molecule has 1 aromatic rings. The summed E-state index contributed by atoms with van der Waals surface area (Å²) >= 11 is 0. The first-order valence-corrected chi connectivity index (χ1v) is 4.08. The lowest BCUT2D eigenvalue weighted by Crippen LogP contribution is -2.12. The van der Waals surface area contributed by atoms with Crippen LogP contribution in [0.1, 0.15) is 18.2 Å². The predicted octanol–water partition coefficient (Wildman–Crippen LogP) is 0.724. The number of hydrogen-bond acceptors (Lipinski definition) is 3. The predicted molar refractivity (Wildman–Crippen MR) is 47.7 cm³/mol. The van der Waals surface area contributed by atoms with Crippen LogP contribution in [0.5, 0.6) is 0 Å². The number of aliphatic hydroxyl groups is 1. The maximum absolute atomic E-state index is 9.55. The van der Waals surface area contributed by atoms with Gasteiger partial charge in [0.15, 0.2) is 0 Å². The summed E-state index contributed by atoms with van der Waals surface area (Å²) in [5.74, 6) is 0. The van der Waals surface area contributed by atoms with Gasteiger partial charge in [-0.15, -0.1) is 0 Å². The quantitative estimate of drug-likeness (QED) is 0.693. The summed E-state index contributed by atoms with van der Waals surface area (Å²) in [5.41, 5.74) is 0.743. The molecule has 2 N–H and O–H groups in total. The van der Waals surface area contributed by atoms with Gasteiger partial charge < -0.3 is 10.4 Å². The van der Waals surface area contributed by atoms with E-state index in [4.69, 9.17) is 0 Å². The van der Waals surface area contributed by atoms with Crippen LogP contribution in [0.25, 0.3) is 0 Å². The van der Waals surface area contributed by atoms with Gasteiger partial charge in [0.05, 0.1) is 11.8 Å². The van der Waals surface area contributed by atoms with Gasteiger partial charge >= 0.3 is 0 Å². The van der Waals surface area contributed by atoms with Crippen LogP contribution in [-0.4, -0.2) is 23.7 Å². The Balaban J connectivity index is 2.48. The van der Waals surface area contributed by atoms with E-state index in [0.717, 1.165) is 12.2 Å². The highest BCUT2D eigenvalue weighted by molar-refractivity contribution is 5.06. The van der Waals surface area contributed by atoms with E-state index in [1.807, 2.05) is 25.2 Å². The molecule has 1 heterocycles. The molecule has 1 atom stereocenters. The molecule has 0 bridgehead atoms. The van der Waals surface area contributed by atoms with Crippen LogP contribution in [0.15, 0.2) is 24.4 Å². The lowest BCUT2D eigenvalue weighted by Gasteiger charge is -2.08. The molecule has 0 aliphatic rings. The number of pyridine rings is 1. The summed E-state index contributed by atoms with van der Waals surface area (Å²) in [6, 6.07) is 5.56. The summed E-state index contributed by atoms with van der Waals surface area (Å²) < 4.78 is 0. The molecule has 66 valence electrons. The summed E-state index contributed by atoms with van der Waals surface area (Å²) in [6.45, 7) is 0.803. The van der Waals surface area contributed by atoms with Crippen molar-refractivity contribution in [3.8, 4) is 0 Å². The van der Waals surface area contributed by atoms with Crippen molar-refractivity contribution in [3.63, 3.8) is 0 Å². The second-order valence-corrected chi connectivity index (χ2v) is 2.66. The van der Waals surface area contributed by atoms with E-state index in [1.165, 1.54) is 0 Å². The molecule has 0 radical (unpaired) electrons. The van der Waals surface area contributed by atoms with Crippen LogP contribution in [0.2, 0.25) is 0 Å². The van der Waals surface area contributed by atoms with Gasteiger partial charge in [0.2, 0.25) is 0 Å². The smallest absolute Gasteiger partial charge is 0.0971 e. The largest absolute Gasteiger partial charge is 0.387 e. The van der Waals surface area contributed by atoms with E-state index >= 15 is 0 Å². The van der Waals surface area contributed by atoms with E-state index in [1.54, 1.807) is 6.20 Å². The number of rotatable bonds is 4. The van der Waals surface area contributed by atoms with Crippen molar-refractivity contribution >= 4 is 0 Å². The summed E-state index contributed by atoms with van der Waals surface area (Å²) in [7, 11) is 1.87. The molecule has 0 spiro atoms. The van der Waals surface area contributed by atoms with E-state index < -0.39 is 6.10 Å². The molecule has 1 unspecified atom stereocenters. The van der Waals surface area contributed by atoms with Crippen molar-refractivity contribution in [3.05, 3.63) is 30.1 Å². The Hall–Kier alpha value is -0.930. The second kappa shape index (κ2) is 4.85. The molecule has 0 fully saturated rings. The first-order chi connectivity index (χ1) is 5.84. The minimum absolute atomic E-state index is 0.446. The zero-order valence-corrected chi connectivity index (χ0v) is 7.20. The lowest BCUT2D eigenvalue weighted by molar-refractivity contribution is 0.163. The lowest BCUT2D eigenvalue weighted by atomic mass is 10.2. The summed E-state index contributed by atoms with van der Waals surface area (Å²) in [4.78, 5) is 4.05. The average molecular weight is 166 g/mol. The number of nitrogens with zero attached hydrogens (tertiary/aromatic N) is 1. The van der Waals surface area contributed by atoms with Gasteiger partial charge in [0.1, 0.15) is 0 Å².